The monoisotopic (exact) mass is 358 g/mol. The molecule has 0 aliphatic carbocycles. The molecule has 2 heterocycles. The van der Waals surface area contributed by atoms with Gasteiger partial charge in [0.05, 0.1) is 12.1 Å². The smallest absolute Gasteiger partial charge is 0.231 e. The lowest BCUT2D eigenvalue weighted by Crippen LogP contribution is -1.96. The van der Waals surface area contributed by atoms with Gasteiger partial charge in [0, 0.05) is 28.5 Å². The number of aromatic nitrogens is 1. The van der Waals surface area contributed by atoms with E-state index in [1.54, 1.807) is 0 Å². The molecule has 0 atom stereocenters. The van der Waals surface area contributed by atoms with Crippen molar-refractivity contribution in [2.75, 3.05) is 18.7 Å². The van der Waals surface area contributed by atoms with Gasteiger partial charge in [-0.15, -0.1) is 12.4 Å². The Morgan fingerprint density at radius 2 is 1.92 bits per heavy atom. The van der Waals surface area contributed by atoms with Gasteiger partial charge in [0.1, 0.15) is 5.75 Å². The van der Waals surface area contributed by atoms with Crippen molar-refractivity contribution >= 4 is 34.7 Å². The maximum absolute atomic E-state index is 5.62. The molecule has 2 aromatic carbocycles. The van der Waals surface area contributed by atoms with Crippen LogP contribution in [0.1, 0.15) is 12.6 Å². The molecule has 0 radical (unpaired) electrons. The molecule has 0 saturated heterocycles. The topological polar surface area (TPSA) is 52.6 Å². The number of nitrogens with one attached hydrogen (secondary N) is 1. The maximum atomic E-state index is 5.62. The SMILES string of the molecule is CCOc1ccc2nc(C)cc(Nc3ccc4c(c3)OCO4)c2c1.Cl. The summed E-state index contributed by atoms with van der Waals surface area (Å²) in [6, 6.07) is 13.8. The normalized spacial score (nSPS) is 11.9. The van der Waals surface area contributed by atoms with E-state index in [4.69, 9.17) is 14.2 Å². The van der Waals surface area contributed by atoms with Crippen LogP contribution in [-0.2, 0) is 0 Å². The van der Waals surface area contributed by atoms with Crippen LogP contribution in [0.15, 0.2) is 42.5 Å². The fourth-order valence-electron chi connectivity index (χ4n) is 2.83. The van der Waals surface area contributed by atoms with Crippen LogP contribution in [0.4, 0.5) is 11.4 Å². The summed E-state index contributed by atoms with van der Waals surface area (Å²) in [4.78, 5) is 4.60. The Morgan fingerprint density at radius 3 is 2.76 bits per heavy atom. The second-order valence-corrected chi connectivity index (χ2v) is 5.62. The van der Waals surface area contributed by atoms with Crippen molar-refractivity contribution in [2.24, 2.45) is 0 Å². The van der Waals surface area contributed by atoms with Crippen LogP contribution in [0.5, 0.6) is 17.2 Å². The number of nitrogens with zero attached hydrogens (tertiary/aromatic N) is 1. The molecule has 1 aliphatic rings. The second-order valence-electron chi connectivity index (χ2n) is 5.62. The Hall–Kier alpha value is -2.66. The average molecular weight is 359 g/mol. The molecule has 1 aliphatic heterocycles. The van der Waals surface area contributed by atoms with Gasteiger partial charge in [0.15, 0.2) is 11.5 Å². The van der Waals surface area contributed by atoms with Crippen LogP contribution in [-0.4, -0.2) is 18.4 Å². The predicted molar refractivity (Wildman–Crippen MR) is 101 cm³/mol. The highest BCUT2D eigenvalue weighted by atomic mass is 35.5. The third-order valence-electron chi connectivity index (χ3n) is 3.87. The minimum Gasteiger partial charge on any atom is -0.494 e. The van der Waals surface area contributed by atoms with Gasteiger partial charge in [0.25, 0.3) is 0 Å². The number of hydrogen-bond acceptors (Lipinski definition) is 5. The number of fused-ring (bicyclic) bond motifs is 2. The number of rotatable bonds is 4. The lowest BCUT2D eigenvalue weighted by Gasteiger charge is -2.12. The first-order chi connectivity index (χ1) is 11.7. The molecule has 25 heavy (non-hydrogen) atoms. The van der Waals surface area contributed by atoms with Crippen molar-refractivity contribution in [2.45, 2.75) is 13.8 Å². The van der Waals surface area contributed by atoms with Gasteiger partial charge in [-0.1, -0.05) is 0 Å². The first kappa shape index (κ1) is 17.2. The Balaban J connectivity index is 0.00000182. The van der Waals surface area contributed by atoms with Gasteiger partial charge in [0.2, 0.25) is 6.79 Å². The first-order valence-electron chi connectivity index (χ1n) is 7.94. The molecule has 1 N–H and O–H groups in total. The number of anilines is 2. The number of hydrogen-bond donors (Lipinski definition) is 1. The summed E-state index contributed by atoms with van der Waals surface area (Å²) < 4.78 is 16.4. The van der Waals surface area contributed by atoms with Gasteiger partial charge in [-0.25, -0.2) is 0 Å². The second kappa shape index (κ2) is 7.07. The lowest BCUT2D eigenvalue weighted by atomic mass is 10.1. The van der Waals surface area contributed by atoms with E-state index < -0.39 is 0 Å². The fourth-order valence-corrected chi connectivity index (χ4v) is 2.83. The molecule has 0 bridgehead atoms. The van der Waals surface area contributed by atoms with Crippen LogP contribution in [0, 0.1) is 6.92 Å². The van der Waals surface area contributed by atoms with E-state index in [-0.39, 0.29) is 19.2 Å². The van der Waals surface area contributed by atoms with Gasteiger partial charge < -0.3 is 19.5 Å². The Morgan fingerprint density at radius 1 is 1.08 bits per heavy atom. The average Bonchev–Trinajstić information content (AvgIpc) is 3.03. The van der Waals surface area contributed by atoms with E-state index in [2.05, 4.69) is 10.3 Å². The molecule has 130 valence electrons. The quantitative estimate of drug-likeness (QED) is 0.723. The molecule has 6 heteroatoms. The number of halogens is 1. The minimum absolute atomic E-state index is 0. The summed E-state index contributed by atoms with van der Waals surface area (Å²) in [5.74, 6) is 2.37. The highest BCUT2D eigenvalue weighted by Crippen LogP contribution is 2.36. The first-order valence-corrected chi connectivity index (χ1v) is 7.94. The van der Waals surface area contributed by atoms with Crippen LogP contribution in [0.2, 0.25) is 0 Å². The van der Waals surface area contributed by atoms with Crippen molar-refractivity contribution in [1.82, 2.24) is 4.98 Å². The highest BCUT2D eigenvalue weighted by Gasteiger charge is 2.14. The molecule has 0 spiro atoms. The zero-order chi connectivity index (χ0) is 16.5. The summed E-state index contributed by atoms with van der Waals surface area (Å²) >= 11 is 0. The zero-order valence-electron chi connectivity index (χ0n) is 14.0. The van der Waals surface area contributed by atoms with Gasteiger partial charge >= 0.3 is 0 Å². The molecule has 1 aromatic heterocycles. The van der Waals surface area contributed by atoms with E-state index in [0.717, 1.165) is 45.2 Å². The number of ether oxygens (including phenoxy) is 3. The lowest BCUT2D eigenvalue weighted by molar-refractivity contribution is 0.174. The number of aryl methyl sites for hydroxylation is 1. The van der Waals surface area contributed by atoms with Crippen molar-refractivity contribution in [3.05, 3.63) is 48.2 Å². The van der Waals surface area contributed by atoms with Crippen LogP contribution in [0.3, 0.4) is 0 Å². The number of benzene rings is 2. The molecule has 0 fully saturated rings. The summed E-state index contributed by atoms with van der Waals surface area (Å²) in [7, 11) is 0. The third kappa shape index (κ3) is 3.42. The Labute approximate surface area is 152 Å². The molecule has 3 aromatic rings. The fraction of sp³-hybridized carbons (Fsp3) is 0.211. The molecule has 0 unspecified atom stereocenters. The molecule has 4 rings (SSSR count). The Kier molecular flexibility index (Phi) is 4.86. The van der Waals surface area contributed by atoms with Crippen molar-refractivity contribution < 1.29 is 14.2 Å². The summed E-state index contributed by atoms with van der Waals surface area (Å²) in [6.07, 6.45) is 0. The highest BCUT2D eigenvalue weighted by molar-refractivity contribution is 5.94. The Bertz CT molecular complexity index is 915. The standard InChI is InChI=1S/C19H18N2O3.ClH/c1-3-22-14-5-6-16-15(10-14)17(8-12(2)20-16)21-13-4-7-18-19(9-13)24-11-23-18;/h4-10H,3,11H2,1-2H3,(H,20,21);1H. The van der Waals surface area contributed by atoms with Crippen molar-refractivity contribution in [1.29, 1.82) is 0 Å². The maximum Gasteiger partial charge on any atom is 0.231 e. The molecular formula is C19H19ClN2O3. The van der Waals surface area contributed by atoms with E-state index in [9.17, 15) is 0 Å². The molecular weight excluding hydrogens is 340 g/mol. The zero-order valence-corrected chi connectivity index (χ0v) is 14.9. The van der Waals surface area contributed by atoms with Gasteiger partial charge in [-0.05, 0) is 50.2 Å². The van der Waals surface area contributed by atoms with Crippen molar-refractivity contribution in [3.8, 4) is 17.2 Å². The van der Waals surface area contributed by atoms with E-state index >= 15 is 0 Å². The summed E-state index contributed by atoms with van der Waals surface area (Å²) in [6.45, 7) is 4.87. The van der Waals surface area contributed by atoms with Crippen LogP contribution in [0.25, 0.3) is 10.9 Å². The van der Waals surface area contributed by atoms with Crippen LogP contribution < -0.4 is 19.5 Å². The van der Waals surface area contributed by atoms with Crippen LogP contribution >= 0.6 is 12.4 Å². The third-order valence-corrected chi connectivity index (χ3v) is 3.87. The van der Waals surface area contributed by atoms with E-state index in [1.165, 1.54) is 0 Å². The summed E-state index contributed by atoms with van der Waals surface area (Å²) in [5.41, 5.74) is 3.81. The summed E-state index contributed by atoms with van der Waals surface area (Å²) in [5, 5.41) is 4.47. The van der Waals surface area contributed by atoms with E-state index in [1.807, 2.05) is 56.3 Å². The van der Waals surface area contributed by atoms with Gasteiger partial charge in [-0.2, -0.15) is 0 Å². The van der Waals surface area contributed by atoms with E-state index in [0.29, 0.717) is 6.61 Å². The largest absolute Gasteiger partial charge is 0.494 e. The molecule has 5 nitrogen and oxygen atoms in total. The van der Waals surface area contributed by atoms with Gasteiger partial charge in [-0.3, -0.25) is 4.98 Å². The minimum atomic E-state index is 0. The molecule has 0 amide bonds. The molecule has 0 saturated carbocycles. The number of pyridine rings is 1. The van der Waals surface area contributed by atoms with Crippen molar-refractivity contribution in [3.63, 3.8) is 0 Å². The predicted octanol–water partition coefficient (Wildman–Crippen LogP) is 4.84.